The van der Waals surface area contributed by atoms with E-state index in [4.69, 9.17) is 11.6 Å². The molecule has 1 aromatic heterocycles. The molecule has 0 aromatic carbocycles. The maximum absolute atomic E-state index is 12.5. The molecule has 1 fully saturated rings. The molecule has 94 valence electrons. The van der Waals surface area contributed by atoms with Gasteiger partial charge in [0.2, 0.25) is 0 Å². The van der Waals surface area contributed by atoms with E-state index in [1.165, 1.54) is 17.0 Å². The van der Waals surface area contributed by atoms with Crippen molar-refractivity contribution in [1.82, 2.24) is 10.2 Å². The lowest BCUT2D eigenvalue weighted by Crippen LogP contribution is -2.49. The van der Waals surface area contributed by atoms with Crippen LogP contribution in [0.15, 0.2) is 12.1 Å². The van der Waals surface area contributed by atoms with Crippen LogP contribution in [0.5, 0.6) is 0 Å². The van der Waals surface area contributed by atoms with E-state index in [2.05, 4.69) is 14.9 Å². The molecule has 0 spiro atoms. The maximum Gasteiger partial charge on any atom is 0.416 e. The summed E-state index contributed by atoms with van der Waals surface area (Å²) >= 11 is 5.56. The van der Waals surface area contributed by atoms with Gasteiger partial charge in [-0.2, -0.15) is 13.2 Å². The number of ether oxygens (including phenoxy) is 1. The topological polar surface area (TPSA) is 38.2 Å². The summed E-state index contributed by atoms with van der Waals surface area (Å²) in [4.78, 5) is 1.48. The number of nitrogens with zero attached hydrogens (tertiary/aromatic N) is 3. The minimum Gasteiger partial charge on any atom is -0.365 e. The predicted octanol–water partition coefficient (Wildman–Crippen LogP) is 1.90. The monoisotopic (exact) mass is 267 g/mol. The molecule has 0 amide bonds. The van der Waals surface area contributed by atoms with Crippen molar-refractivity contribution in [3.63, 3.8) is 0 Å². The van der Waals surface area contributed by atoms with E-state index in [1.807, 2.05) is 0 Å². The third-order valence-electron chi connectivity index (χ3n) is 2.37. The molecule has 0 N–H and O–H groups in total. The number of aromatic nitrogens is 2. The van der Waals surface area contributed by atoms with Crippen molar-refractivity contribution in [3.05, 3.63) is 17.3 Å². The first-order chi connectivity index (χ1) is 7.97. The fourth-order valence-corrected chi connectivity index (χ4v) is 1.63. The molecule has 1 atom stereocenters. The molecule has 0 radical (unpaired) electrons. The summed E-state index contributed by atoms with van der Waals surface area (Å²) in [7, 11) is 0. The third kappa shape index (κ3) is 2.98. The summed E-state index contributed by atoms with van der Waals surface area (Å²) in [5.74, 6) is 0.368. The molecule has 0 bridgehead atoms. The second-order valence-corrected chi connectivity index (χ2v) is 3.95. The number of alkyl halides is 3. The van der Waals surface area contributed by atoms with Gasteiger partial charge in [0.05, 0.1) is 13.2 Å². The van der Waals surface area contributed by atoms with E-state index < -0.39 is 12.3 Å². The van der Waals surface area contributed by atoms with E-state index in [1.54, 1.807) is 0 Å². The van der Waals surface area contributed by atoms with Gasteiger partial charge in [-0.1, -0.05) is 11.6 Å². The van der Waals surface area contributed by atoms with Crippen LogP contribution in [0.25, 0.3) is 0 Å². The lowest BCUT2D eigenvalue weighted by atomic mass is 10.2. The van der Waals surface area contributed by atoms with Gasteiger partial charge >= 0.3 is 6.18 Å². The molecule has 1 saturated heterocycles. The fourth-order valence-electron chi connectivity index (χ4n) is 1.53. The lowest BCUT2D eigenvalue weighted by molar-refractivity contribution is -0.221. The van der Waals surface area contributed by atoms with Gasteiger partial charge < -0.3 is 9.64 Å². The van der Waals surface area contributed by atoms with Crippen LogP contribution >= 0.6 is 11.6 Å². The summed E-state index contributed by atoms with van der Waals surface area (Å²) in [6.45, 7) is 0.0805. The quantitative estimate of drug-likeness (QED) is 0.779. The molecule has 0 aliphatic carbocycles. The Bertz CT molecular complexity index is 384. The van der Waals surface area contributed by atoms with Crippen LogP contribution in [-0.4, -0.2) is 42.2 Å². The van der Waals surface area contributed by atoms with Crippen molar-refractivity contribution in [2.24, 2.45) is 0 Å². The van der Waals surface area contributed by atoms with Gasteiger partial charge in [-0.15, -0.1) is 10.2 Å². The lowest BCUT2D eigenvalue weighted by Gasteiger charge is -2.34. The van der Waals surface area contributed by atoms with Crippen LogP contribution in [0, 0.1) is 0 Å². The zero-order valence-corrected chi connectivity index (χ0v) is 9.37. The van der Waals surface area contributed by atoms with Gasteiger partial charge in [0.25, 0.3) is 0 Å². The molecule has 4 nitrogen and oxygen atoms in total. The largest absolute Gasteiger partial charge is 0.416 e. The van der Waals surface area contributed by atoms with E-state index in [0.717, 1.165) is 0 Å². The number of morpholine rings is 1. The number of halogens is 4. The molecule has 1 aliphatic rings. The molecular weight excluding hydrogens is 259 g/mol. The van der Waals surface area contributed by atoms with Crippen LogP contribution < -0.4 is 4.90 Å². The highest BCUT2D eigenvalue weighted by atomic mass is 35.5. The van der Waals surface area contributed by atoms with Crippen molar-refractivity contribution in [2.45, 2.75) is 12.3 Å². The molecule has 1 aliphatic heterocycles. The minimum absolute atomic E-state index is 0.00842. The highest BCUT2D eigenvalue weighted by Crippen LogP contribution is 2.27. The number of hydrogen-bond acceptors (Lipinski definition) is 4. The minimum atomic E-state index is -4.36. The van der Waals surface area contributed by atoms with E-state index in [0.29, 0.717) is 12.4 Å². The molecule has 0 saturated carbocycles. The summed E-state index contributed by atoms with van der Waals surface area (Å²) in [6, 6.07) is 3.02. The average Bonchev–Trinajstić information content (AvgIpc) is 2.29. The van der Waals surface area contributed by atoms with Crippen LogP contribution in [0.1, 0.15) is 0 Å². The molecular formula is C9H9ClF3N3O. The first kappa shape index (κ1) is 12.4. The normalized spacial score (nSPS) is 21.6. The van der Waals surface area contributed by atoms with E-state index >= 15 is 0 Å². The Hall–Kier alpha value is -1.08. The van der Waals surface area contributed by atoms with Crippen LogP contribution in [0.4, 0.5) is 19.0 Å². The SMILES string of the molecule is FC(F)(F)C1CN(c2ccc(Cl)nn2)CCO1. The fraction of sp³-hybridized carbons (Fsp3) is 0.556. The molecule has 1 aromatic rings. The average molecular weight is 268 g/mol. The van der Waals surface area contributed by atoms with Crippen LogP contribution in [0.3, 0.4) is 0 Å². The van der Waals surface area contributed by atoms with Crippen molar-refractivity contribution < 1.29 is 17.9 Å². The van der Waals surface area contributed by atoms with Crippen molar-refractivity contribution in [3.8, 4) is 0 Å². The zero-order chi connectivity index (χ0) is 12.5. The van der Waals surface area contributed by atoms with E-state index in [9.17, 15) is 13.2 Å². The first-order valence-corrected chi connectivity index (χ1v) is 5.27. The zero-order valence-electron chi connectivity index (χ0n) is 8.62. The van der Waals surface area contributed by atoms with Crippen molar-refractivity contribution in [2.75, 3.05) is 24.6 Å². The Morgan fingerprint density at radius 3 is 2.71 bits per heavy atom. The summed E-state index contributed by atoms with van der Waals surface area (Å²) in [5, 5.41) is 7.54. The standard InChI is InChI=1S/C9H9ClF3N3O/c10-7-1-2-8(15-14-7)16-3-4-17-6(5-16)9(11,12)13/h1-2,6H,3-5H2. The Kier molecular flexibility index (Phi) is 3.39. The first-order valence-electron chi connectivity index (χ1n) is 4.89. The van der Waals surface area contributed by atoms with Gasteiger partial charge in [0, 0.05) is 6.54 Å². The van der Waals surface area contributed by atoms with Gasteiger partial charge in [-0.05, 0) is 12.1 Å². The maximum atomic E-state index is 12.5. The Morgan fingerprint density at radius 2 is 2.12 bits per heavy atom. The van der Waals surface area contributed by atoms with Crippen LogP contribution in [0.2, 0.25) is 5.15 Å². The van der Waals surface area contributed by atoms with Gasteiger partial charge in [0.1, 0.15) is 0 Å². The van der Waals surface area contributed by atoms with Gasteiger partial charge in [0.15, 0.2) is 17.1 Å². The van der Waals surface area contributed by atoms with Crippen molar-refractivity contribution >= 4 is 17.4 Å². The predicted molar refractivity (Wildman–Crippen MR) is 55.1 cm³/mol. The second-order valence-electron chi connectivity index (χ2n) is 3.56. The molecule has 2 rings (SSSR count). The second kappa shape index (κ2) is 4.66. The summed E-state index contributed by atoms with van der Waals surface area (Å²) in [5.41, 5.74) is 0. The molecule has 2 heterocycles. The molecule has 8 heteroatoms. The highest BCUT2D eigenvalue weighted by Gasteiger charge is 2.43. The summed E-state index contributed by atoms with van der Waals surface area (Å²) in [6.07, 6.45) is -6.15. The third-order valence-corrected chi connectivity index (χ3v) is 2.58. The number of rotatable bonds is 1. The Balaban J connectivity index is 2.09. The Labute approximate surface area is 100 Å². The number of anilines is 1. The van der Waals surface area contributed by atoms with Crippen LogP contribution in [-0.2, 0) is 4.74 Å². The van der Waals surface area contributed by atoms with Gasteiger partial charge in [-0.25, -0.2) is 0 Å². The highest BCUT2D eigenvalue weighted by molar-refractivity contribution is 6.29. The van der Waals surface area contributed by atoms with Gasteiger partial charge in [-0.3, -0.25) is 0 Å². The smallest absolute Gasteiger partial charge is 0.365 e. The molecule has 1 unspecified atom stereocenters. The van der Waals surface area contributed by atoms with E-state index in [-0.39, 0.29) is 18.3 Å². The Morgan fingerprint density at radius 1 is 1.35 bits per heavy atom. The summed E-state index contributed by atoms with van der Waals surface area (Å²) < 4.78 is 42.1. The number of hydrogen-bond donors (Lipinski definition) is 0. The van der Waals surface area contributed by atoms with Crippen molar-refractivity contribution in [1.29, 1.82) is 0 Å². The molecule has 17 heavy (non-hydrogen) atoms.